The van der Waals surface area contributed by atoms with Crippen molar-refractivity contribution in [3.63, 3.8) is 0 Å². The second-order valence-corrected chi connectivity index (χ2v) is 11.6. The molecule has 1 atom stereocenters. The van der Waals surface area contributed by atoms with Gasteiger partial charge in [0.1, 0.15) is 11.0 Å². The number of nitrogens with one attached hydrogen (secondary N) is 2. The monoisotopic (exact) mass is 554 g/mol. The third kappa shape index (κ3) is 5.55. The highest BCUT2D eigenvalue weighted by molar-refractivity contribution is 5.77. The molecule has 10 nitrogen and oxygen atoms in total. The van der Waals surface area contributed by atoms with Gasteiger partial charge in [-0.3, -0.25) is 9.69 Å². The normalized spacial score (nSPS) is 18.7. The Hall–Kier alpha value is -3.86. The number of pyridine rings is 1. The molecule has 0 radical (unpaired) electrons. The van der Waals surface area contributed by atoms with E-state index >= 15 is 0 Å². The predicted octanol–water partition coefficient (Wildman–Crippen LogP) is 3.68. The van der Waals surface area contributed by atoms with Gasteiger partial charge in [0, 0.05) is 24.5 Å². The van der Waals surface area contributed by atoms with Gasteiger partial charge in [0.15, 0.2) is 11.5 Å². The van der Waals surface area contributed by atoms with Crippen LogP contribution >= 0.6 is 0 Å². The summed E-state index contributed by atoms with van der Waals surface area (Å²) in [5, 5.41) is 17.7. The van der Waals surface area contributed by atoms with Crippen molar-refractivity contribution in [2.45, 2.75) is 57.2 Å². The molecule has 0 bridgehead atoms. The van der Waals surface area contributed by atoms with Gasteiger partial charge in [-0.25, -0.2) is 19.3 Å². The SMILES string of the molecule is C=CCn1c(=O)c2cnc(Nc3ccc(C4CCN(C5CCNC5)CC4)cc3)nc2n1-c1cccc(C(C)(C)O)n1. The van der Waals surface area contributed by atoms with Gasteiger partial charge in [0.2, 0.25) is 5.95 Å². The Morgan fingerprint density at radius 1 is 1.12 bits per heavy atom. The number of benzene rings is 1. The van der Waals surface area contributed by atoms with E-state index < -0.39 is 5.60 Å². The molecular weight excluding hydrogens is 516 g/mol. The number of fused-ring (bicyclic) bond motifs is 1. The molecule has 2 aliphatic rings. The number of likely N-dealkylation sites (tertiary alicyclic amines) is 1. The van der Waals surface area contributed by atoms with Crippen molar-refractivity contribution < 1.29 is 5.11 Å². The van der Waals surface area contributed by atoms with Crippen molar-refractivity contribution in [1.82, 2.24) is 34.5 Å². The number of piperidine rings is 1. The van der Waals surface area contributed by atoms with Crippen LogP contribution in [-0.4, -0.2) is 66.5 Å². The highest BCUT2D eigenvalue weighted by atomic mass is 16.3. The molecule has 2 saturated heterocycles. The van der Waals surface area contributed by atoms with Crippen molar-refractivity contribution in [2.24, 2.45) is 0 Å². The van der Waals surface area contributed by atoms with Gasteiger partial charge in [0.05, 0.1) is 12.2 Å². The number of aliphatic hydroxyl groups is 1. The number of allylic oxidation sites excluding steroid dienone is 1. The third-order valence-corrected chi connectivity index (χ3v) is 8.27. The Morgan fingerprint density at radius 2 is 1.90 bits per heavy atom. The van der Waals surface area contributed by atoms with Crippen molar-refractivity contribution in [3.05, 3.63) is 82.9 Å². The maximum atomic E-state index is 13.3. The smallest absolute Gasteiger partial charge is 0.278 e. The van der Waals surface area contributed by atoms with E-state index in [9.17, 15) is 9.90 Å². The Bertz CT molecular complexity index is 1590. The number of hydrogen-bond acceptors (Lipinski definition) is 8. The van der Waals surface area contributed by atoms with Crippen LogP contribution < -0.4 is 16.2 Å². The maximum Gasteiger partial charge on any atom is 0.278 e. The lowest BCUT2D eigenvalue weighted by atomic mass is 9.88. The summed E-state index contributed by atoms with van der Waals surface area (Å²) in [6, 6.07) is 14.6. The molecule has 6 rings (SSSR count). The molecule has 2 fully saturated rings. The van der Waals surface area contributed by atoms with Crippen LogP contribution in [-0.2, 0) is 12.1 Å². The summed E-state index contributed by atoms with van der Waals surface area (Å²) < 4.78 is 3.19. The first-order valence-corrected chi connectivity index (χ1v) is 14.4. The molecule has 4 aromatic rings. The molecule has 0 spiro atoms. The lowest BCUT2D eigenvalue weighted by Gasteiger charge is -2.35. The fourth-order valence-corrected chi connectivity index (χ4v) is 6.01. The standard InChI is InChI=1S/C31H38N8O2/c1-4-16-38-29(40)25-20-33-30(36-28(25)39(38)27-7-5-6-26(35-27)31(2,3)41)34-23-10-8-21(9-11-23)22-13-17-37(18-14-22)24-12-15-32-19-24/h4-11,20,22,24,32,41H,1,12-19H2,2-3H3,(H,33,34,36). The van der Waals surface area contributed by atoms with Gasteiger partial charge >= 0.3 is 0 Å². The van der Waals surface area contributed by atoms with Gasteiger partial charge in [-0.15, -0.1) is 6.58 Å². The fraction of sp³-hybridized carbons (Fsp3) is 0.419. The Balaban J connectivity index is 1.24. The molecular formula is C31H38N8O2. The Labute approximate surface area is 239 Å². The van der Waals surface area contributed by atoms with Crippen molar-refractivity contribution in [2.75, 3.05) is 31.5 Å². The minimum atomic E-state index is -1.14. The minimum Gasteiger partial charge on any atom is -0.384 e. The van der Waals surface area contributed by atoms with Crippen LogP contribution in [0.15, 0.2) is 66.1 Å². The molecule has 0 saturated carbocycles. The fourth-order valence-electron chi connectivity index (χ4n) is 6.01. The summed E-state index contributed by atoms with van der Waals surface area (Å²) in [5.74, 6) is 1.43. The summed E-state index contributed by atoms with van der Waals surface area (Å²) in [6.45, 7) is 12.0. The van der Waals surface area contributed by atoms with Crippen LogP contribution in [0.2, 0.25) is 0 Å². The largest absolute Gasteiger partial charge is 0.384 e. The van der Waals surface area contributed by atoms with Gasteiger partial charge in [-0.1, -0.05) is 24.3 Å². The number of rotatable bonds is 8. The molecule has 0 aliphatic carbocycles. The molecule has 1 aromatic carbocycles. The second kappa shape index (κ2) is 11.2. The number of aromatic nitrogens is 5. The lowest BCUT2D eigenvalue weighted by Crippen LogP contribution is -2.42. The molecule has 2 aliphatic heterocycles. The second-order valence-electron chi connectivity index (χ2n) is 11.6. The first-order chi connectivity index (χ1) is 19.8. The van der Waals surface area contributed by atoms with Crippen LogP contribution in [0.3, 0.4) is 0 Å². The molecule has 3 N–H and O–H groups in total. The van der Waals surface area contributed by atoms with E-state index in [1.54, 1.807) is 42.9 Å². The predicted molar refractivity (Wildman–Crippen MR) is 161 cm³/mol. The van der Waals surface area contributed by atoms with E-state index in [1.807, 2.05) is 6.07 Å². The van der Waals surface area contributed by atoms with E-state index in [-0.39, 0.29) is 12.1 Å². The minimum absolute atomic E-state index is 0.235. The zero-order chi connectivity index (χ0) is 28.6. The quantitative estimate of drug-likeness (QED) is 0.283. The first-order valence-electron chi connectivity index (χ1n) is 14.4. The summed E-state index contributed by atoms with van der Waals surface area (Å²) in [7, 11) is 0. The summed E-state index contributed by atoms with van der Waals surface area (Å²) in [4.78, 5) is 29.7. The molecule has 0 amide bonds. The van der Waals surface area contributed by atoms with Crippen LogP contribution in [0.1, 0.15) is 50.3 Å². The molecule has 10 heteroatoms. The zero-order valence-electron chi connectivity index (χ0n) is 23.8. The number of hydrogen-bond donors (Lipinski definition) is 3. The van der Waals surface area contributed by atoms with Gasteiger partial charge in [-0.2, -0.15) is 4.98 Å². The summed E-state index contributed by atoms with van der Waals surface area (Å²) in [5.41, 5.74) is 1.79. The highest BCUT2D eigenvalue weighted by Crippen LogP contribution is 2.31. The third-order valence-electron chi connectivity index (χ3n) is 8.27. The molecule has 41 heavy (non-hydrogen) atoms. The maximum absolute atomic E-state index is 13.3. The van der Waals surface area contributed by atoms with Gasteiger partial charge in [-0.05, 0) is 88.5 Å². The topological polar surface area (TPSA) is 113 Å². The molecule has 1 unspecified atom stereocenters. The number of nitrogens with zero attached hydrogens (tertiary/aromatic N) is 6. The first kappa shape index (κ1) is 27.3. The van der Waals surface area contributed by atoms with E-state index in [0.717, 1.165) is 31.9 Å². The Kier molecular flexibility index (Phi) is 7.46. The average molecular weight is 555 g/mol. The zero-order valence-corrected chi connectivity index (χ0v) is 23.8. The molecule has 5 heterocycles. The summed E-state index contributed by atoms with van der Waals surface area (Å²) >= 11 is 0. The van der Waals surface area contributed by atoms with Gasteiger partial charge < -0.3 is 15.7 Å². The summed E-state index contributed by atoms with van der Waals surface area (Å²) in [6.07, 6.45) is 6.83. The van der Waals surface area contributed by atoms with Crippen LogP contribution in [0.5, 0.6) is 0 Å². The van der Waals surface area contributed by atoms with Gasteiger partial charge in [0.25, 0.3) is 5.56 Å². The van der Waals surface area contributed by atoms with Crippen LogP contribution in [0.4, 0.5) is 11.6 Å². The van der Waals surface area contributed by atoms with Crippen molar-refractivity contribution >= 4 is 22.7 Å². The van der Waals surface area contributed by atoms with Crippen LogP contribution in [0.25, 0.3) is 16.9 Å². The molecule has 3 aromatic heterocycles. The van der Waals surface area contributed by atoms with E-state index in [2.05, 4.69) is 56.3 Å². The van der Waals surface area contributed by atoms with Crippen molar-refractivity contribution in [1.29, 1.82) is 0 Å². The highest BCUT2D eigenvalue weighted by Gasteiger charge is 2.27. The average Bonchev–Trinajstić information content (AvgIpc) is 3.61. The van der Waals surface area contributed by atoms with E-state index in [4.69, 9.17) is 4.98 Å². The molecule has 214 valence electrons. The number of anilines is 2. The van der Waals surface area contributed by atoms with Crippen LogP contribution in [0, 0.1) is 0 Å². The lowest BCUT2D eigenvalue weighted by molar-refractivity contribution is 0.0738. The Morgan fingerprint density at radius 3 is 2.59 bits per heavy atom. The van der Waals surface area contributed by atoms with E-state index in [0.29, 0.717) is 40.5 Å². The van der Waals surface area contributed by atoms with Crippen molar-refractivity contribution in [3.8, 4) is 5.82 Å². The van der Waals surface area contributed by atoms with E-state index in [1.165, 1.54) is 29.5 Å².